The number of hydrogen-bond donors (Lipinski definition) is 2. The highest BCUT2D eigenvalue weighted by atomic mass is 32.1. The van der Waals surface area contributed by atoms with Crippen molar-refractivity contribution in [2.24, 2.45) is 0 Å². The van der Waals surface area contributed by atoms with Gasteiger partial charge in [0.25, 0.3) is 0 Å². The Labute approximate surface area is 155 Å². The largest absolute Gasteiger partial charge is 0.510 e. The Morgan fingerprint density at radius 1 is 1.23 bits per heavy atom. The van der Waals surface area contributed by atoms with Gasteiger partial charge in [-0.05, 0) is 18.6 Å². The van der Waals surface area contributed by atoms with Crippen LogP contribution in [0, 0.1) is 12.3 Å². The molecule has 4 rings (SSSR count). The predicted molar refractivity (Wildman–Crippen MR) is 104 cm³/mol. The molecule has 0 bridgehead atoms. The highest BCUT2D eigenvalue weighted by Crippen LogP contribution is 2.32. The van der Waals surface area contributed by atoms with Gasteiger partial charge in [0.1, 0.15) is 16.6 Å². The lowest BCUT2D eigenvalue weighted by Crippen LogP contribution is -2.26. The Hall–Kier alpha value is -2.99. The second-order valence-electron chi connectivity index (χ2n) is 6.29. The number of pyridine rings is 1. The van der Waals surface area contributed by atoms with Crippen LogP contribution >= 0.6 is 11.3 Å². The van der Waals surface area contributed by atoms with Gasteiger partial charge in [-0.3, -0.25) is 10.4 Å². The fourth-order valence-corrected chi connectivity index (χ4v) is 3.85. The van der Waals surface area contributed by atoms with Crippen molar-refractivity contribution in [1.29, 1.82) is 5.41 Å². The van der Waals surface area contributed by atoms with Gasteiger partial charge in [-0.2, -0.15) is 0 Å². The van der Waals surface area contributed by atoms with Crippen molar-refractivity contribution in [1.82, 2.24) is 14.9 Å². The molecule has 3 heterocycles. The van der Waals surface area contributed by atoms with Crippen LogP contribution in [-0.4, -0.2) is 32.4 Å². The molecule has 0 unspecified atom stereocenters. The van der Waals surface area contributed by atoms with Gasteiger partial charge in [0.2, 0.25) is 0 Å². The van der Waals surface area contributed by atoms with E-state index in [0.29, 0.717) is 29.5 Å². The average Bonchev–Trinajstić information content (AvgIpc) is 3.22. The minimum atomic E-state index is 0.198. The first-order valence-corrected chi connectivity index (χ1v) is 9.17. The summed E-state index contributed by atoms with van der Waals surface area (Å²) in [5.74, 6) is 0.500. The average molecular weight is 362 g/mol. The molecule has 2 aromatic heterocycles. The molecule has 130 valence electrons. The van der Waals surface area contributed by atoms with Crippen LogP contribution in [0.3, 0.4) is 0 Å². The Balaban J connectivity index is 1.57. The first-order chi connectivity index (χ1) is 12.6. The van der Waals surface area contributed by atoms with Crippen LogP contribution in [0.5, 0.6) is 0 Å². The van der Waals surface area contributed by atoms with E-state index in [2.05, 4.69) is 29.0 Å². The molecule has 26 heavy (non-hydrogen) atoms. The van der Waals surface area contributed by atoms with E-state index in [0.717, 1.165) is 16.8 Å². The molecule has 0 aliphatic carbocycles. The number of amidine groups is 1. The molecule has 0 radical (unpaired) electrons. The van der Waals surface area contributed by atoms with Gasteiger partial charge in [0.05, 0.1) is 17.8 Å². The van der Waals surface area contributed by atoms with Gasteiger partial charge in [0.15, 0.2) is 0 Å². The Bertz CT molecular complexity index is 977. The van der Waals surface area contributed by atoms with Crippen molar-refractivity contribution in [3.05, 3.63) is 76.1 Å². The third-order valence-electron chi connectivity index (χ3n) is 4.34. The maximum absolute atomic E-state index is 10.4. The van der Waals surface area contributed by atoms with Gasteiger partial charge in [0, 0.05) is 29.9 Å². The standard InChI is InChI=1S/C20H18N4OS/c1-13-4-6-15(7-5-13)16-12-26-20(23-16)18-17(25)11-24(19(18)21)10-14-3-2-8-22-9-14/h2-9,12,21,25H,10-11H2,1H3. The fourth-order valence-electron chi connectivity index (χ4n) is 2.95. The van der Waals surface area contributed by atoms with E-state index in [1.54, 1.807) is 12.4 Å². The van der Waals surface area contributed by atoms with Crippen molar-refractivity contribution in [3.8, 4) is 11.3 Å². The molecule has 5 nitrogen and oxygen atoms in total. The number of benzene rings is 1. The zero-order valence-corrected chi connectivity index (χ0v) is 15.1. The lowest BCUT2D eigenvalue weighted by Gasteiger charge is -2.18. The summed E-state index contributed by atoms with van der Waals surface area (Å²) in [6.45, 7) is 2.91. The molecular formula is C20H18N4OS. The molecule has 2 N–H and O–H groups in total. The van der Waals surface area contributed by atoms with Crippen molar-refractivity contribution in [3.63, 3.8) is 0 Å². The van der Waals surface area contributed by atoms with E-state index in [9.17, 15) is 5.11 Å². The maximum Gasteiger partial charge on any atom is 0.135 e. The molecule has 0 atom stereocenters. The molecule has 0 fully saturated rings. The minimum absolute atomic E-state index is 0.198. The zero-order chi connectivity index (χ0) is 18.1. The quantitative estimate of drug-likeness (QED) is 0.727. The molecule has 0 saturated carbocycles. The summed E-state index contributed by atoms with van der Waals surface area (Å²) in [5.41, 5.74) is 4.63. The van der Waals surface area contributed by atoms with Crippen molar-refractivity contribution >= 4 is 22.7 Å². The number of nitrogens with zero attached hydrogens (tertiary/aromatic N) is 3. The van der Waals surface area contributed by atoms with Gasteiger partial charge >= 0.3 is 0 Å². The number of aryl methyl sites for hydroxylation is 1. The number of aromatic nitrogens is 2. The summed E-state index contributed by atoms with van der Waals surface area (Å²) < 4.78 is 0. The second-order valence-corrected chi connectivity index (χ2v) is 7.15. The maximum atomic E-state index is 10.4. The summed E-state index contributed by atoms with van der Waals surface area (Å²) in [6, 6.07) is 12.0. The van der Waals surface area contributed by atoms with Gasteiger partial charge in [-0.1, -0.05) is 35.9 Å². The third kappa shape index (κ3) is 3.11. The van der Waals surface area contributed by atoms with E-state index in [1.165, 1.54) is 16.9 Å². The summed E-state index contributed by atoms with van der Waals surface area (Å²) in [6.07, 6.45) is 3.50. The molecular weight excluding hydrogens is 344 g/mol. The Kier molecular flexibility index (Phi) is 4.26. The van der Waals surface area contributed by atoms with Crippen LogP contribution < -0.4 is 0 Å². The van der Waals surface area contributed by atoms with Gasteiger partial charge < -0.3 is 10.0 Å². The van der Waals surface area contributed by atoms with E-state index in [-0.39, 0.29) is 5.76 Å². The van der Waals surface area contributed by atoms with Crippen LogP contribution in [0.1, 0.15) is 16.1 Å². The Morgan fingerprint density at radius 3 is 2.77 bits per heavy atom. The van der Waals surface area contributed by atoms with Crippen LogP contribution in [0.4, 0.5) is 0 Å². The molecule has 3 aromatic rings. The zero-order valence-electron chi connectivity index (χ0n) is 14.3. The summed E-state index contributed by atoms with van der Waals surface area (Å²) in [7, 11) is 0. The lowest BCUT2D eigenvalue weighted by atomic mass is 10.1. The van der Waals surface area contributed by atoms with Gasteiger partial charge in [-0.15, -0.1) is 11.3 Å². The highest BCUT2D eigenvalue weighted by Gasteiger charge is 2.30. The number of hydrogen-bond acceptors (Lipinski definition) is 5. The lowest BCUT2D eigenvalue weighted by molar-refractivity contribution is 0.347. The summed E-state index contributed by atoms with van der Waals surface area (Å²) >= 11 is 1.45. The predicted octanol–water partition coefficient (Wildman–Crippen LogP) is 4.28. The van der Waals surface area contributed by atoms with E-state index >= 15 is 0 Å². The minimum Gasteiger partial charge on any atom is -0.510 e. The monoisotopic (exact) mass is 362 g/mol. The van der Waals surface area contributed by atoms with E-state index in [1.807, 2.05) is 34.5 Å². The van der Waals surface area contributed by atoms with Crippen molar-refractivity contribution in [2.75, 3.05) is 6.54 Å². The molecule has 1 aromatic carbocycles. The number of aliphatic hydroxyl groups excluding tert-OH is 1. The van der Waals surface area contributed by atoms with E-state index < -0.39 is 0 Å². The SMILES string of the molecule is Cc1ccc(-c2csc(C3=C(O)CN(Cc4cccnc4)C3=N)n2)cc1. The number of rotatable bonds is 4. The van der Waals surface area contributed by atoms with Crippen LogP contribution in [0.15, 0.2) is 59.9 Å². The third-order valence-corrected chi connectivity index (χ3v) is 5.20. The molecule has 1 aliphatic rings. The first kappa shape index (κ1) is 16.5. The molecule has 0 amide bonds. The van der Waals surface area contributed by atoms with Crippen LogP contribution in [0.25, 0.3) is 16.8 Å². The fraction of sp³-hybridized carbons (Fsp3) is 0.150. The van der Waals surface area contributed by atoms with Gasteiger partial charge in [-0.25, -0.2) is 4.98 Å². The van der Waals surface area contributed by atoms with Crippen molar-refractivity contribution < 1.29 is 5.11 Å². The van der Waals surface area contributed by atoms with Crippen LogP contribution in [0.2, 0.25) is 0 Å². The smallest absolute Gasteiger partial charge is 0.135 e. The molecule has 0 saturated heterocycles. The van der Waals surface area contributed by atoms with Crippen LogP contribution in [-0.2, 0) is 6.54 Å². The molecule has 1 aliphatic heterocycles. The summed E-state index contributed by atoms with van der Waals surface area (Å²) in [5, 5.41) is 21.5. The first-order valence-electron chi connectivity index (χ1n) is 8.29. The topological polar surface area (TPSA) is 73.1 Å². The normalized spacial score (nSPS) is 14.3. The molecule has 0 spiro atoms. The number of aliphatic hydroxyl groups is 1. The second kappa shape index (κ2) is 6.72. The number of nitrogens with one attached hydrogen (secondary N) is 1. The number of thiazole rings is 1. The molecule has 6 heteroatoms. The van der Waals surface area contributed by atoms with Crippen molar-refractivity contribution in [2.45, 2.75) is 13.5 Å². The Morgan fingerprint density at radius 2 is 2.04 bits per heavy atom. The van der Waals surface area contributed by atoms with E-state index in [4.69, 9.17) is 5.41 Å². The highest BCUT2D eigenvalue weighted by molar-refractivity contribution is 7.11. The summed E-state index contributed by atoms with van der Waals surface area (Å²) in [4.78, 5) is 10.6.